The fourth-order valence-electron chi connectivity index (χ4n) is 8.24. The number of esters is 3. The summed E-state index contributed by atoms with van der Waals surface area (Å²) in [6.07, 6.45) is 44.8. The van der Waals surface area contributed by atoms with E-state index in [0.717, 1.165) is 135 Å². The van der Waals surface area contributed by atoms with Crippen molar-refractivity contribution in [2.45, 2.75) is 276 Å². The van der Waals surface area contributed by atoms with Gasteiger partial charge in [0, 0.05) is 19.3 Å². The molecule has 6 unspecified atom stereocenters. The zero-order chi connectivity index (χ0) is 51.8. The maximum absolute atomic E-state index is 13.1. The van der Waals surface area contributed by atoms with Crippen molar-refractivity contribution in [3.05, 3.63) is 60.8 Å². The normalized spacial score (nSPS) is 18.9. The van der Waals surface area contributed by atoms with Crippen molar-refractivity contribution >= 4 is 23.9 Å². The summed E-state index contributed by atoms with van der Waals surface area (Å²) in [6, 6.07) is 0. The number of hydrogen-bond acceptors (Lipinski definition) is 11. The van der Waals surface area contributed by atoms with E-state index in [-0.39, 0.29) is 25.9 Å². The smallest absolute Gasteiger partial charge is 0.335 e. The molecule has 71 heavy (non-hydrogen) atoms. The van der Waals surface area contributed by atoms with Crippen LogP contribution in [0.2, 0.25) is 0 Å². The number of aliphatic hydroxyl groups excluding tert-OH is 2. The van der Waals surface area contributed by atoms with Gasteiger partial charge in [-0.1, -0.05) is 204 Å². The summed E-state index contributed by atoms with van der Waals surface area (Å²) in [5, 5.41) is 31.4. The summed E-state index contributed by atoms with van der Waals surface area (Å²) in [6.45, 7) is 5.79. The van der Waals surface area contributed by atoms with Gasteiger partial charge in [0.05, 0.1) is 6.61 Å². The van der Waals surface area contributed by atoms with Crippen LogP contribution in [0.25, 0.3) is 0 Å². The Balaban J connectivity index is 2.69. The minimum Gasteiger partial charge on any atom is -0.479 e. The van der Waals surface area contributed by atoms with Gasteiger partial charge in [0.25, 0.3) is 0 Å². The summed E-state index contributed by atoms with van der Waals surface area (Å²) in [5.74, 6) is -3.14. The molecule has 1 rings (SSSR count). The number of aliphatic hydroxyl groups is 2. The van der Waals surface area contributed by atoms with Crippen LogP contribution in [0.4, 0.5) is 0 Å². The number of ether oxygens (including phenoxy) is 5. The third-order valence-electron chi connectivity index (χ3n) is 12.6. The first-order chi connectivity index (χ1) is 34.6. The minimum atomic E-state index is -1.91. The van der Waals surface area contributed by atoms with Gasteiger partial charge >= 0.3 is 23.9 Å². The number of carboxylic acids is 1. The minimum absolute atomic E-state index is 0.0480. The van der Waals surface area contributed by atoms with E-state index in [2.05, 4.69) is 81.5 Å². The molecule has 0 bridgehead atoms. The summed E-state index contributed by atoms with van der Waals surface area (Å²) in [7, 11) is 0. The number of carbonyl (C=O) groups is 4. The van der Waals surface area contributed by atoms with Gasteiger partial charge in [-0.15, -0.1) is 0 Å². The average Bonchev–Trinajstić information content (AvgIpc) is 3.35. The van der Waals surface area contributed by atoms with Crippen LogP contribution in [0.5, 0.6) is 0 Å². The Hall–Kier alpha value is -3.58. The number of rotatable bonds is 47. The second kappa shape index (κ2) is 47.4. The number of unbranched alkanes of at least 4 members (excludes halogenated alkanes) is 23. The van der Waals surface area contributed by atoms with E-state index in [1.165, 1.54) is 44.9 Å². The van der Waals surface area contributed by atoms with Crippen molar-refractivity contribution < 1.29 is 58.2 Å². The van der Waals surface area contributed by atoms with Gasteiger partial charge in [0.15, 0.2) is 24.6 Å². The highest BCUT2D eigenvalue weighted by Crippen LogP contribution is 2.26. The molecule has 12 nitrogen and oxygen atoms in total. The van der Waals surface area contributed by atoms with Gasteiger partial charge in [-0.3, -0.25) is 14.4 Å². The molecule has 0 aromatic rings. The predicted molar refractivity (Wildman–Crippen MR) is 285 cm³/mol. The van der Waals surface area contributed by atoms with Crippen LogP contribution in [0.15, 0.2) is 60.8 Å². The molecule has 1 fully saturated rings. The molecule has 1 aliphatic rings. The molecule has 0 aliphatic carbocycles. The van der Waals surface area contributed by atoms with Crippen molar-refractivity contribution in [3.8, 4) is 0 Å². The van der Waals surface area contributed by atoms with E-state index in [9.17, 15) is 34.5 Å². The first-order valence-corrected chi connectivity index (χ1v) is 28.3. The molecule has 6 atom stereocenters. The zero-order valence-electron chi connectivity index (χ0n) is 44.7. The predicted octanol–water partition coefficient (Wildman–Crippen LogP) is 14.0. The third-order valence-corrected chi connectivity index (χ3v) is 12.6. The highest BCUT2D eigenvalue weighted by atomic mass is 16.7. The van der Waals surface area contributed by atoms with E-state index in [0.29, 0.717) is 19.3 Å². The lowest BCUT2D eigenvalue weighted by Crippen LogP contribution is -2.61. The Bertz CT molecular complexity index is 1470. The Morgan fingerprint density at radius 2 is 0.915 bits per heavy atom. The fraction of sp³-hybridized carbons (Fsp3) is 0.763. The van der Waals surface area contributed by atoms with Crippen LogP contribution in [0.1, 0.15) is 239 Å². The first-order valence-electron chi connectivity index (χ1n) is 28.3. The van der Waals surface area contributed by atoms with Crippen molar-refractivity contribution in [3.63, 3.8) is 0 Å². The Labute approximate surface area is 430 Å². The standard InChI is InChI=1S/C59H100O12/c1-4-7-10-13-16-19-22-24-25-26-27-29-32-35-38-41-44-47-53(62)70-57-55(64)54(63)56(58(65)66)71-59(57)68-49-50(69-52(61)46-43-40-37-34-30-21-18-15-12-9-6-3)48-67-51(60)45-42-39-36-33-31-28-23-20-17-14-11-8-5-2/h7,10-11,14,16,19-20,23-25,50,54-57,59,63-64H,4-6,8-9,12-13,15,17-18,21-22,26-49H2,1-3H3,(H,65,66)/b10-7-,14-11-,19-16-,23-20-,25-24-. The lowest BCUT2D eigenvalue weighted by molar-refractivity contribution is -0.301. The second-order valence-electron chi connectivity index (χ2n) is 19.2. The number of hydrogen-bond donors (Lipinski definition) is 3. The van der Waals surface area contributed by atoms with E-state index in [4.69, 9.17) is 23.7 Å². The van der Waals surface area contributed by atoms with Crippen molar-refractivity contribution in [1.29, 1.82) is 0 Å². The van der Waals surface area contributed by atoms with Gasteiger partial charge in [0.2, 0.25) is 0 Å². The summed E-state index contributed by atoms with van der Waals surface area (Å²) < 4.78 is 28.3. The second-order valence-corrected chi connectivity index (χ2v) is 19.2. The molecule has 12 heteroatoms. The van der Waals surface area contributed by atoms with Crippen molar-refractivity contribution in [1.82, 2.24) is 0 Å². The highest BCUT2D eigenvalue weighted by molar-refractivity contribution is 5.74. The van der Waals surface area contributed by atoms with E-state index < -0.39 is 67.3 Å². The maximum atomic E-state index is 13.1. The third kappa shape index (κ3) is 37.8. The molecule has 0 amide bonds. The molecule has 408 valence electrons. The Kier molecular flexibility index (Phi) is 43.7. The van der Waals surface area contributed by atoms with Gasteiger partial charge in [-0.2, -0.15) is 0 Å². The van der Waals surface area contributed by atoms with Gasteiger partial charge in [-0.05, 0) is 77.0 Å². The summed E-state index contributed by atoms with van der Waals surface area (Å²) in [5.41, 5.74) is 0. The lowest BCUT2D eigenvalue weighted by Gasteiger charge is -2.40. The van der Waals surface area contributed by atoms with Gasteiger partial charge < -0.3 is 39.0 Å². The Morgan fingerprint density at radius 3 is 1.41 bits per heavy atom. The molecule has 0 aromatic carbocycles. The number of carboxylic acid groups (broad SMARTS) is 1. The molecular formula is C59H100O12. The summed E-state index contributed by atoms with van der Waals surface area (Å²) >= 11 is 0. The zero-order valence-corrected chi connectivity index (χ0v) is 44.7. The average molecular weight is 1000 g/mol. The van der Waals surface area contributed by atoms with Gasteiger partial charge in [0.1, 0.15) is 18.8 Å². The summed E-state index contributed by atoms with van der Waals surface area (Å²) in [4.78, 5) is 51.0. The molecule has 0 saturated carbocycles. The number of carbonyl (C=O) groups excluding carboxylic acids is 3. The van der Waals surface area contributed by atoms with Crippen LogP contribution in [-0.4, -0.2) is 89.2 Å². The quantitative estimate of drug-likeness (QED) is 0.0228. The molecule has 1 aliphatic heterocycles. The molecule has 0 radical (unpaired) electrons. The monoisotopic (exact) mass is 1000 g/mol. The molecule has 3 N–H and O–H groups in total. The number of allylic oxidation sites excluding steroid dienone is 10. The molecular weight excluding hydrogens is 901 g/mol. The van der Waals surface area contributed by atoms with Crippen molar-refractivity contribution in [2.24, 2.45) is 0 Å². The van der Waals surface area contributed by atoms with E-state index in [1.807, 2.05) is 0 Å². The maximum Gasteiger partial charge on any atom is 0.335 e. The van der Waals surface area contributed by atoms with Crippen molar-refractivity contribution in [2.75, 3.05) is 13.2 Å². The van der Waals surface area contributed by atoms with Crippen LogP contribution in [0.3, 0.4) is 0 Å². The highest BCUT2D eigenvalue weighted by Gasteiger charge is 2.50. The van der Waals surface area contributed by atoms with Crippen LogP contribution >= 0.6 is 0 Å². The molecule has 0 aromatic heterocycles. The van der Waals surface area contributed by atoms with Crippen LogP contribution < -0.4 is 0 Å². The first kappa shape index (κ1) is 65.4. The number of aliphatic carboxylic acids is 1. The van der Waals surface area contributed by atoms with E-state index >= 15 is 0 Å². The topological polar surface area (TPSA) is 175 Å². The SMILES string of the molecule is CC/C=C\C/C=C\C/C=C\CCCCCCCCCC(=O)OC1C(OCC(COC(=O)CCCCCCC/C=C\C/C=C\CCC)OC(=O)CCCCCCCCCCCCC)OC(C(=O)O)C(O)C1O. The van der Waals surface area contributed by atoms with Crippen LogP contribution in [0, 0.1) is 0 Å². The fourth-order valence-corrected chi connectivity index (χ4v) is 8.24. The molecule has 0 spiro atoms. The van der Waals surface area contributed by atoms with Gasteiger partial charge in [-0.25, -0.2) is 4.79 Å². The lowest BCUT2D eigenvalue weighted by atomic mass is 9.98. The molecule has 1 saturated heterocycles. The molecule has 1 heterocycles. The largest absolute Gasteiger partial charge is 0.479 e. The van der Waals surface area contributed by atoms with Crippen LogP contribution in [-0.2, 0) is 42.9 Å². The Morgan fingerprint density at radius 1 is 0.479 bits per heavy atom. The van der Waals surface area contributed by atoms with E-state index in [1.54, 1.807) is 0 Å².